The molecule has 0 aliphatic heterocycles. The van der Waals surface area contributed by atoms with E-state index in [1.165, 1.54) is 19.2 Å². The summed E-state index contributed by atoms with van der Waals surface area (Å²) in [5.41, 5.74) is 1.16. The lowest BCUT2D eigenvalue weighted by Gasteiger charge is -2.17. The van der Waals surface area contributed by atoms with Crippen LogP contribution in [-0.4, -0.2) is 30.1 Å². The van der Waals surface area contributed by atoms with Gasteiger partial charge in [-0.15, -0.1) is 0 Å². The second kappa shape index (κ2) is 8.49. The number of benzene rings is 2. The number of aryl methyl sites for hydroxylation is 1. The molecule has 0 unspecified atom stereocenters. The molecule has 1 amide bonds. The molecule has 2 aromatic carbocycles. The molecule has 0 saturated carbocycles. The number of phenolic OH excluding ortho intramolecular Hbond substituents is 1. The molecular weight excluding hydrogens is 374 g/mol. The summed E-state index contributed by atoms with van der Waals surface area (Å²) in [4.78, 5) is 24.3. The van der Waals surface area contributed by atoms with Gasteiger partial charge in [0.1, 0.15) is 11.8 Å². The number of carbonyl (C=O) groups is 2. The monoisotopic (exact) mass is 391 g/mol. The highest BCUT2D eigenvalue weighted by Gasteiger charge is 2.23. The van der Waals surface area contributed by atoms with E-state index in [4.69, 9.17) is 4.74 Å². The standard InChI is InChI=1S/C18H18BrNO4/c1-24-18(23)15(9-7-12-5-3-2-4-6-12)20-17(22)14-11-13(19)8-10-16(14)21/h2-6,8,10-11,15,21H,7,9H2,1H3,(H,20,22)/t15-/m0/s1. The van der Waals surface area contributed by atoms with Gasteiger partial charge in [0.15, 0.2) is 0 Å². The lowest BCUT2D eigenvalue weighted by Crippen LogP contribution is -2.41. The number of aromatic hydroxyl groups is 1. The first-order valence-corrected chi connectivity index (χ1v) is 8.21. The van der Waals surface area contributed by atoms with Gasteiger partial charge in [-0.2, -0.15) is 0 Å². The van der Waals surface area contributed by atoms with Crippen molar-refractivity contribution >= 4 is 27.8 Å². The van der Waals surface area contributed by atoms with Crippen LogP contribution in [0, 0.1) is 0 Å². The van der Waals surface area contributed by atoms with Crippen molar-refractivity contribution in [3.63, 3.8) is 0 Å². The number of amides is 1. The molecule has 6 heteroatoms. The highest BCUT2D eigenvalue weighted by Crippen LogP contribution is 2.22. The Morgan fingerprint density at radius 2 is 1.92 bits per heavy atom. The van der Waals surface area contributed by atoms with E-state index in [-0.39, 0.29) is 11.3 Å². The Bertz CT molecular complexity index is 718. The molecular formula is C18H18BrNO4. The van der Waals surface area contributed by atoms with Gasteiger partial charge in [-0.25, -0.2) is 4.79 Å². The molecule has 0 aliphatic rings. The number of methoxy groups -OCH3 is 1. The average Bonchev–Trinajstić information content (AvgIpc) is 2.60. The molecule has 1 atom stereocenters. The SMILES string of the molecule is COC(=O)[C@H](CCc1ccccc1)NC(=O)c1cc(Br)ccc1O. The Hall–Kier alpha value is -2.34. The van der Waals surface area contributed by atoms with Crippen LogP contribution in [0.4, 0.5) is 0 Å². The summed E-state index contributed by atoms with van der Waals surface area (Å²) in [7, 11) is 1.28. The molecule has 24 heavy (non-hydrogen) atoms. The van der Waals surface area contributed by atoms with Crippen LogP contribution >= 0.6 is 15.9 Å². The van der Waals surface area contributed by atoms with Crippen molar-refractivity contribution in [2.45, 2.75) is 18.9 Å². The van der Waals surface area contributed by atoms with E-state index in [0.29, 0.717) is 17.3 Å². The highest BCUT2D eigenvalue weighted by molar-refractivity contribution is 9.10. The van der Waals surface area contributed by atoms with E-state index in [1.807, 2.05) is 30.3 Å². The van der Waals surface area contributed by atoms with Crippen LogP contribution in [0.1, 0.15) is 22.3 Å². The van der Waals surface area contributed by atoms with Crippen LogP contribution < -0.4 is 5.32 Å². The highest BCUT2D eigenvalue weighted by atomic mass is 79.9. The van der Waals surface area contributed by atoms with Gasteiger partial charge in [0.2, 0.25) is 0 Å². The van der Waals surface area contributed by atoms with Gasteiger partial charge in [-0.05, 0) is 36.6 Å². The maximum atomic E-state index is 12.4. The summed E-state index contributed by atoms with van der Waals surface area (Å²) < 4.78 is 5.42. The summed E-state index contributed by atoms with van der Waals surface area (Å²) in [6, 6.07) is 13.4. The molecule has 2 N–H and O–H groups in total. The summed E-state index contributed by atoms with van der Waals surface area (Å²) in [5, 5.41) is 12.5. The van der Waals surface area contributed by atoms with E-state index < -0.39 is 17.9 Å². The first-order chi connectivity index (χ1) is 11.5. The van der Waals surface area contributed by atoms with Crippen molar-refractivity contribution in [2.75, 3.05) is 7.11 Å². The second-order valence-corrected chi connectivity index (χ2v) is 6.15. The number of phenols is 1. The average molecular weight is 392 g/mol. The lowest BCUT2D eigenvalue weighted by atomic mass is 10.0. The van der Waals surface area contributed by atoms with Crippen LogP contribution in [0.2, 0.25) is 0 Å². The number of carbonyl (C=O) groups excluding carboxylic acids is 2. The van der Waals surface area contributed by atoms with Crippen molar-refractivity contribution in [1.29, 1.82) is 0 Å². The maximum Gasteiger partial charge on any atom is 0.328 e. The molecule has 0 fully saturated rings. The first-order valence-electron chi connectivity index (χ1n) is 7.42. The molecule has 0 bridgehead atoms. The van der Waals surface area contributed by atoms with Gasteiger partial charge < -0.3 is 15.2 Å². The van der Waals surface area contributed by atoms with Gasteiger partial charge >= 0.3 is 5.97 Å². The molecule has 0 spiro atoms. The summed E-state index contributed by atoms with van der Waals surface area (Å²) in [6.07, 6.45) is 1.02. The van der Waals surface area contributed by atoms with E-state index in [1.54, 1.807) is 6.07 Å². The molecule has 2 aromatic rings. The van der Waals surface area contributed by atoms with Crippen LogP contribution in [0.25, 0.3) is 0 Å². The van der Waals surface area contributed by atoms with Crippen molar-refractivity contribution in [1.82, 2.24) is 5.32 Å². The van der Waals surface area contributed by atoms with Gasteiger partial charge in [-0.1, -0.05) is 46.3 Å². The quantitative estimate of drug-likeness (QED) is 0.741. The van der Waals surface area contributed by atoms with Crippen LogP contribution in [0.3, 0.4) is 0 Å². The van der Waals surface area contributed by atoms with Gasteiger partial charge in [0.25, 0.3) is 5.91 Å². The molecule has 0 heterocycles. The fourth-order valence-electron chi connectivity index (χ4n) is 2.27. The minimum absolute atomic E-state index is 0.0954. The largest absolute Gasteiger partial charge is 0.507 e. The Balaban J connectivity index is 2.09. The topological polar surface area (TPSA) is 75.6 Å². The Kier molecular flexibility index (Phi) is 6.37. The van der Waals surface area contributed by atoms with Gasteiger partial charge in [0, 0.05) is 4.47 Å². The Morgan fingerprint density at radius 3 is 2.58 bits per heavy atom. The summed E-state index contributed by atoms with van der Waals surface area (Å²) in [6.45, 7) is 0. The van der Waals surface area contributed by atoms with Crippen molar-refractivity contribution in [2.24, 2.45) is 0 Å². The van der Waals surface area contributed by atoms with Gasteiger partial charge in [0.05, 0.1) is 12.7 Å². The number of esters is 1. The second-order valence-electron chi connectivity index (χ2n) is 5.23. The third-order valence-corrected chi connectivity index (χ3v) is 4.05. The zero-order chi connectivity index (χ0) is 17.5. The predicted octanol–water partition coefficient (Wildman–Crippen LogP) is 3.06. The number of hydrogen-bond donors (Lipinski definition) is 2. The van der Waals surface area contributed by atoms with Crippen molar-refractivity contribution < 1.29 is 19.4 Å². The van der Waals surface area contributed by atoms with E-state index in [0.717, 1.165) is 5.56 Å². The third-order valence-electron chi connectivity index (χ3n) is 3.56. The van der Waals surface area contributed by atoms with E-state index in [2.05, 4.69) is 21.2 Å². The minimum atomic E-state index is -0.791. The molecule has 0 aliphatic carbocycles. The van der Waals surface area contributed by atoms with Gasteiger partial charge in [-0.3, -0.25) is 4.79 Å². The Labute approximate surface area is 148 Å². The Morgan fingerprint density at radius 1 is 1.21 bits per heavy atom. The number of rotatable bonds is 6. The van der Waals surface area contributed by atoms with E-state index >= 15 is 0 Å². The molecule has 0 saturated heterocycles. The molecule has 0 aromatic heterocycles. The normalized spacial score (nSPS) is 11.6. The van der Waals surface area contributed by atoms with Crippen molar-refractivity contribution in [3.05, 3.63) is 64.1 Å². The van der Waals surface area contributed by atoms with E-state index in [9.17, 15) is 14.7 Å². The molecule has 5 nitrogen and oxygen atoms in total. The number of ether oxygens (including phenoxy) is 1. The lowest BCUT2D eigenvalue weighted by molar-refractivity contribution is -0.143. The zero-order valence-corrected chi connectivity index (χ0v) is 14.7. The number of nitrogens with one attached hydrogen (secondary N) is 1. The zero-order valence-electron chi connectivity index (χ0n) is 13.2. The third kappa shape index (κ3) is 4.83. The summed E-state index contributed by atoms with van der Waals surface area (Å²) in [5.74, 6) is -1.20. The predicted molar refractivity (Wildman–Crippen MR) is 93.8 cm³/mol. The smallest absolute Gasteiger partial charge is 0.328 e. The minimum Gasteiger partial charge on any atom is -0.507 e. The molecule has 0 radical (unpaired) electrons. The number of halogens is 1. The van der Waals surface area contributed by atoms with Crippen LogP contribution in [0.5, 0.6) is 5.75 Å². The summed E-state index contributed by atoms with van der Waals surface area (Å²) >= 11 is 3.25. The van der Waals surface area contributed by atoms with Crippen LogP contribution in [0.15, 0.2) is 53.0 Å². The maximum absolute atomic E-state index is 12.4. The fourth-order valence-corrected chi connectivity index (χ4v) is 2.63. The van der Waals surface area contributed by atoms with Crippen LogP contribution in [-0.2, 0) is 16.0 Å². The van der Waals surface area contributed by atoms with Crippen molar-refractivity contribution in [3.8, 4) is 5.75 Å². The molecule has 2 rings (SSSR count). The number of hydrogen-bond acceptors (Lipinski definition) is 4. The fraction of sp³-hybridized carbons (Fsp3) is 0.222. The molecule has 126 valence electrons. The first kappa shape index (κ1) is 18.0.